The van der Waals surface area contributed by atoms with E-state index in [4.69, 9.17) is 18.9 Å². The minimum atomic E-state index is -0.196. The van der Waals surface area contributed by atoms with Gasteiger partial charge in [0.15, 0.2) is 0 Å². The number of halogens is 2. The van der Waals surface area contributed by atoms with Crippen LogP contribution in [0.25, 0.3) is 0 Å². The average molecular weight is 999 g/mol. The van der Waals surface area contributed by atoms with Crippen LogP contribution in [-0.2, 0) is 38.1 Å². The maximum Gasteiger partial charge on any atom is 0.305 e. The van der Waals surface area contributed by atoms with E-state index in [0.717, 1.165) is 86.5 Å². The summed E-state index contributed by atoms with van der Waals surface area (Å²) in [6.45, 7) is 9.09. The van der Waals surface area contributed by atoms with Crippen molar-refractivity contribution in [2.45, 2.75) is 232 Å². The van der Waals surface area contributed by atoms with Crippen molar-refractivity contribution in [3.05, 3.63) is 0 Å². The van der Waals surface area contributed by atoms with Gasteiger partial charge in [-0.2, -0.15) is 0 Å². The second kappa shape index (κ2) is 48.0. The molecule has 0 unspecified atom stereocenters. The number of ether oxygens (including phenoxy) is 4. The fourth-order valence-electron chi connectivity index (χ4n) is 8.03. The molecule has 0 rings (SSSR count). The zero-order valence-corrected chi connectivity index (χ0v) is 45.0. The number of hydrogen-bond donors (Lipinski definition) is 0. The van der Waals surface area contributed by atoms with Gasteiger partial charge in [0.05, 0.1) is 54.5 Å². The molecule has 0 aromatic heterocycles. The molecule has 0 saturated carbocycles. The van der Waals surface area contributed by atoms with E-state index in [2.05, 4.69) is 28.2 Å². The summed E-state index contributed by atoms with van der Waals surface area (Å²) in [5, 5.41) is 0. The quantitative estimate of drug-likeness (QED) is 0.0290. The Hall–Kier alpha value is -1.43. The molecule has 0 heterocycles. The molecular formula is C52H102BrClN2O8. The van der Waals surface area contributed by atoms with Crippen molar-refractivity contribution < 1.29 is 76.5 Å². The number of rotatable bonds is 47. The Bertz CT molecular complexity index is 998. The van der Waals surface area contributed by atoms with Crippen LogP contribution in [0.4, 0.5) is 0 Å². The number of hydrogen-bond acceptors (Lipinski definition) is 8. The molecule has 0 radical (unpaired) electrons. The van der Waals surface area contributed by atoms with Crippen LogP contribution in [0.15, 0.2) is 0 Å². The second-order valence-electron chi connectivity index (χ2n) is 19.7. The van der Waals surface area contributed by atoms with Gasteiger partial charge in [-0.15, -0.1) is 0 Å². The van der Waals surface area contributed by atoms with Crippen LogP contribution >= 0.6 is 0 Å². The number of carbonyl (C=O) groups excluding carboxylic acids is 4. The zero-order chi connectivity index (χ0) is 45.8. The third-order valence-electron chi connectivity index (χ3n) is 12.4. The summed E-state index contributed by atoms with van der Waals surface area (Å²) in [6, 6.07) is 0. The first-order valence-corrected chi connectivity index (χ1v) is 26.0. The van der Waals surface area contributed by atoms with Gasteiger partial charge in [0.2, 0.25) is 0 Å². The molecule has 0 bridgehead atoms. The molecule has 0 amide bonds. The lowest BCUT2D eigenvalue weighted by atomic mass is 10.0. The van der Waals surface area contributed by atoms with E-state index in [1.165, 1.54) is 168 Å². The minimum Gasteiger partial charge on any atom is -1.00 e. The van der Waals surface area contributed by atoms with Crippen molar-refractivity contribution in [1.82, 2.24) is 0 Å². The molecule has 0 aromatic rings. The third-order valence-corrected chi connectivity index (χ3v) is 12.4. The van der Waals surface area contributed by atoms with Gasteiger partial charge in [0.1, 0.15) is 26.3 Å². The number of unbranched alkanes of at least 4 members (excludes halogenated alkanes) is 29. The highest BCUT2D eigenvalue weighted by Gasteiger charge is 2.16. The van der Waals surface area contributed by atoms with Crippen LogP contribution in [0.1, 0.15) is 232 Å². The van der Waals surface area contributed by atoms with Crippen molar-refractivity contribution >= 4 is 23.9 Å². The molecule has 64 heavy (non-hydrogen) atoms. The van der Waals surface area contributed by atoms with Crippen LogP contribution < -0.4 is 29.4 Å². The number of nitrogens with zero attached hydrogens (tertiary/aromatic N) is 2. The Labute approximate surface area is 411 Å². The topological polar surface area (TPSA) is 105 Å². The largest absolute Gasteiger partial charge is 1.00 e. The molecule has 0 spiro atoms. The van der Waals surface area contributed by atoms with E-state index in [1.54, 1.807) is 0 Å². The van der Waals surface area contributed by atoms with Crippen LogP contribution in [-0.4, -0.2) is 114 Å². The average Bonchev–Trinajstić information content (AvgIpc) is 3.20. The van der Waals surface area contributed by atoms with Gasteiger partial charge in [-0.1, -0.05) is 154 Å². The Kier molecular flexibility index (Phi) is 50.2. The van der Waals surface area contributed by atoms with Gasteiger partial charge < -0.3 is 57.3 Å². The van der Waals surface area contributed by atoms with Crippen molar-refractivity contribution in [2.24, 2.45) is 0 Å². The zero-order valence-electron chi connectivity index (χ0n) is 42.6. The van der Waals surface area contributed by atoms with Crippen LogP contribution in [0.2, 0.25) is 0 Å². The Balaban J connectivity index is -0.0000186. The summed E-state index contributed by atoms with van der Waals surface area (Å²) in [5.41, 5.74) is 0. The number of esters is 4. The molecule has 12 heteroatoms. The third kappa shape index (κ3) is 53.2. The van der Waals surface area contributed by atoms with Gasteiger partial charge in [0.25, 0.3) is 0 Å². The maximum atomic E-state index is 12.1. The predicted octanol–water partition coefficient (Wildman–Crippen LogP) is 6.62. The minimum absolute atomic E-state index is 0. The van der Waals surface area contributed by atoms with E-state index in [1.807, 2.05) is 0 Å². The molecule has 0 aliphatic rings. The molecule has 0 saturated heterocycles. The number of quaternary nitrogens is 2. The number of carbonyl (C=O) groups is 4. The highest BCUT2D eigenvalue weighted by molar-refractivity contribution is 5.69. The molecular weight excluding hydrogens is 896 g/mol. The van der Waals surface area contributed by atoms with E-state index in [9.17, 15) is 19.2 Å². The first-order chi connectivity index (χ1) is 29.8. The maximum absolute atomic E-state index is 12.1. The van der Waals surface area contributed by atoms with Crippen LogP contribution in [0, 0.1) is 0 Å². The molecule has 0 fully saturated rings. The first kappa shape index (κ1) is 66.8. The van der Waals surface area contributed by atoms with Gasteiger partial charge in [-0.05, 0) is 51.4 Å². The normalized spacial score (nSPS) is 11.4. The molecule has 0 aliphatic heterocycles. The first-order valence-electron chi connectivity index (χ1n) is 26.0. The van der Waals surface area contributed by atoms with E-state index in [-0.39, 0.29) is 53.3 Å². The Morgan fingerprint density at radius 3 is 0.766 bits per heavy atom. The lowest BCUT2D eigenvalue weighted by Crippen LogP contribution is -3.00. The van der Waals surface area contributed by atoms with Gasteiger partial charge in [0, 0.05) is 26.7 Å². The van der Waals surface area contributed by atoms with Crippen LogP contribution in [0.5, 0.6) is 0 Å². The monoisotopic (exact) mass is 997 g/mol. The van der Waals surface area contributed by atoms with E-state index < -0.39 is 0 Å². The highest BCUT2D eigenvalue weighted by atomic mass is 79.9. The second-order valence-corrected chi connectivity index (χ2v) is 19.7. The highest BCUT2D eigenvalue weighted by Crippen LogP contribution is 2.16. The van der Waals surface area contributed by atoms with Gasteiger partial charge >= 0.3 is 23.9 Å². The number of likely N-dealkylation sites (N-methyl/N-ethyl adjacent to an activating group) is 2. The summed E-state index contributed by atoms with van der Waals surface area (Å²) in [4.78, 5) is 46.0. The molecule has 0 N–H and O–H groups in total. The lowest BCUT2D eigenvalue weighted by Gasteiger charge is -2.29. The molecule has 382 valence electrons. The van der Waals surface area contributed by atoms with Gasteiger partial charge in [-0.3, -0.25) is 19.2 Å². The lowest BCUT2D eigenvalue weighted by molar-refractivity contribution is -0.890. The summed E-state index contributed by atoms with van der Waals surface area (Å²) >= 11 is 0. The molecule has 0 aromatic carbocycles. The standard InChI is InChI=1S/C52H102N2O8.BrH.ClH/c1-49(55)59-47-43-53(3,4)41-35-29-23-17-13-15-21-27-33-39-51(57)61-45-37-31-25-19-11-9-7-8-10-12-20-26-32-38-46-62-52(58)40-34-28-22-16-14-18-24-30-36-42-54(5,6)44-48-60-50(2)56;;/h7-48H2,1-6H3;2*1H/q+2;;/p-2. The summed E-state index contributed by atoms with van der Waals surface area (Å²) in [7, 11) is 8.82. The SMILES string of the molecule is CC(=O)OCC[N+](C)(C)CCCCCCCCCCCC(=O)OCCCCCCCCCCCCCCCCOC(=O)CCCCCCCCCCC[N+](C)(C)CCOC(C)=O.[Br-].[Cl-]. The van der Waals surface area contributed by atoms with Crippen molar-refractivity contribution in [3.63, 3.8) is 0 Å². The molecule has 10 nitrogen and oxygen atoms in total. The van der Waals surface area contributed by atoms with E-state index >= 15 is 0 Å². The Morgan fingerprint density at radius 2 is 0.516 bits per heavy atom. The van der Waals surface area contributed by atoms with Gasteiger partial charge in [-0.25, -0.2) is 0 Å². The Morgan fingerprint density at radius 1 is 0.297 bits per heavy atom. The predicted molar refractivity (Wildman–Crippen MR) is 256 cm³/mol. The van der Waals surface area contributed by atoms with Crippen LogP contribution in [0.3, 0.4) is 0 Å². The molecule has 0 atom stereocenters. The smallest absolute Gasteiger partial charge is 0.305 e. The summed E-state index contributed by atoms with van der Waals surface area (Å²) < 4.78 is 22.9. The van der Waals surface area contributed by atoms with Crippen molar-refractivity contribution in [1.29, 1.82) is 0 Å². The summed E-state index contributed by atoms with van der Waals surface area (Å²) in [6.07, 6.45) is 40.3. The van der Waals surface area contributed by atoms with E-state index in [0.29, 0.717) is 39.3 Å². The fourth-order valence-corrected chi connectivity index (χ4v) is 8.03. The van der Waals surface area contributed by atoms with Crippen molar-refractivity contribution in [3.8, 4) is 0 Å². The summed E-state index contributed by atoms with van der Waals surface area (Å²) in [5.74, 6) is -0.432. The fraction of sp³-hybridized carbons (Fsp3) is 0.923. The molecule has 0 aliphatic carbocycles. The van der Waals surface area contributed by atoms with Crippen molar-refractivity contribution in [2.75, 3.05) is 80.8 Å².